The Morgan fingerprint density at radius 1 is 1.38 bits per heavy atom. The Morgan fingerprint density at radius 2 is 2.00 bits per heavy atom. The summed E-state index contributed by atoms with van der Waals surface area (Å²) in [6, 6.07) is 0. The molecule has 7 heteroatoms. The second-order valence-corrected chi connectivity index (χ2v) is 4.25. The number of oxime groups is 1. The molecule has 16 heavy (non-hydrogen) atoms. The maximum absolute atomic E-state index is 8.65. The third-order valence-corrected chi connectivity index (χ3v) is 2.65. The van der Waals surface area contributed by atoms with Crippen molar-refractivity contribution in [1.82, 2.24) is 0 Å². The van der Waals surface area contributed by atoms with E-state index in [9.17, 15) is 0 Å². The Bertz CT molecular complexity index is 306. The van der Waals surface area contributed by atoms with Gasteiger partial charge in [0.1, 0.15) is 12.2 Å². The van der Waals surface area contributed by atoms with Crippen LogP contribution in [0.1, 0.15) is 13.8 Å². The van der Waals surface area contributed by atoms with Crippen LogP contribution in [-0.4, -0.2) is 48.5 Å². The smallest absolute Gasteiger partial charge is 0.187 e. The third kappa shape index (κ3) is 1.75. The van der Waals surface area contributed by atoms with Gasteiger partial charge in [-0.05, 0) is 13.8 Å². The van der Waals surface area contributed by atoms with Gasteiger partial charge in [-0.15, -0.1) is 0 Å². The van der Waals surface area contributed by atoms with Crippen LogP contribution in [0.4, 0.5) is 0 Å². The zero-order valence-corrected chi connectivity index (χ0v) is 9.41. The Morgan fingerprint density at radius 3 is 2.56 bits per heavy atom. The van der Waals surface area contributed by atoms with Gasteiger partial charge in [0, 0.05) is 7.11 Å². The molecule has 0 aliphatic carbocycles. The van der Waals surface area contributed by atoms with Gasteiger partial charge in [0.15, 0.2) is 24.0 Å². The van der Waals surface area contributed by atoms with Crippen LogP contribution >= 0.6 is 0 Å². The number of ether oxygens (including phenoxy) is 4. The summed E-state index contributed by atoms with van der Waals surface area (Å²) in [7, 11) is 1.51. The minimum Gasteiger partial charge on any atom is -0.409 e. The summed E-state index contributed by atoms with van der Waals surface area (Å²) in [6.45, 7) is 3.59. The van der Waals surface area contributed by atoms with E-state index in [-0.39, 0.29) is 11.9 Å². The lowest BCUT2D eigenvalue weighted by Crippen LogP contribution is -2.40. The zero-order valence-electron chi connectivity index (χ0n) is 9.41. The van der Waals surface area contributed by atoms with E-state index >= 15 is 0 Å². The highest BCUT2D eigenvalue weighted by atomic mass is 16.8. The molecule has 0 aromatic rings. The molecule has 7 nitrogen and oxygen atoms in total. The molecule has 0 aromatic heterocycles. The largest absolute Gasteiger partial charge is 0.409 e. The predicted molar refractivity (Wildman–Crippen MR) is 52.9 cm³/mol. The molecule has 2 heterocycles. The number of amidine groups is 1. The van der Waals surface area contributed by atoms with Gasteiger partial charge in [-0.1, -0.05) is 5.16 Å². The van der Waals surface area contributed by atoms with E-state index in [1.165, 1.54) is 7.11 Å². The number of nitrogens with two attached hydrogens (primary N) is 1. The molecular weight excluding hydrogens is 216 g/mol. The number of methoxy groups -OCH3 is 1. The summed E-state index contributed by atoms with van der Waals surface area (Å²) < 4.78 is 21.8. The van der Waals surface area contributed by atoms with Crippen LogP contribution in [0.3, 0.4) is 0 Å². The summed E-state index contributed by atoms with van der Waals surface area (Å²) in [4.78, 5) is 0. The summed E-state index contributed by atoms with van der Waals surface area (Å²) in [5, 5.41) is 11.6. The molecule has 3 N–H and O–H groups in total. The standard InChI is InChI=1S/C9H16N2O5/c1-9(2)15-4-5(7(10)11-12)14-8(13-3)6(4)16-9/h4-6,8,12H,1-3H3,(H2,10,11)/t4-,5+,6-,8-/m1/s1. The van der Waals surface area contributed by atoms with Gasteiger partial charge < -0.3 is 29.9 Å². The van der Waals surface area contributed by atoms with Crippen LogP contribution in [-0.2, 0) is 18.9 Å². The topological polar surface area (TPSA) is 95.5 Å². The number of rotatable bonds is 2. The molecule has 0 spiro atoms. The Kier molecular flexibility index (Phi) is 2.79. The van der Waals surface area contributed by atoms with Gasteiger partial charge in [0.05, 0.1) is 0 Å². The van der Waals surface area contributed by atoms with Crippen molar-refractivity contribution < 1.29 is 24.2 Å². The van der Waals surface area contributed by atoms with Gasteiger partial charge in [-0.3, -0.25) is 0 Å². The molecule has 0 bridgehead atoms. The fourth-order valence-electron chi connectivity index (χ4n) is 2.05. The maximum Gasteiger partial charge on any atom is 0.187 e. The number of fused-ring (bicyclic) bond motifs is 1. The normalized spacial score (nSPS) is 42.3. The van der Waals surface area contributed by atoms with Gasteiger partial charge in [-0.25, -0.2) is 0 Å². The van der Waals surface area contributed by atoms with E-state index in [2.05, 4.69) is 5.16 Å². The lowest BCUT2D eigenvalue weighted by Gasteiger charge is -2.22. The van der Waals surface area contributed by atoms with Gasteiger partial charge in [-0.2, -0.15) is 0 Å². The van der Waals surface area contributed by atoms with Crippen molar-refractivity contribution in [2.45, 2.75) is 44.2 Å². The van der Waals surface area contributed by atoms with E-state index in [4.69, 9.17) is 29.9 Å². The molecule has 2 rings (SSSR count). The minimum absolute atomic E-state index is 0.0455. The molecule has 2 saturated heterocycles. The molecule has 2 aliphatic rings. The van der Waals surface area contributed by atoms with E-state index in [1.54, 1.807) is 13.8 Å². The van der Waals surface area contributed by atoms with Crippen LogP contribution in [0.5, 0.6) is 0 Å². The molecule has 92 valence electrons. The first-order valence-corrected chi connectivity index (χ1v) is 5.00. The van der Waals surface area contributed by atoms with E-state index in [0.29, 0.717) is 0 Å². The SMILES string of the molecule is CO[C@@H]1O[C@H](/C(N)=N/O)[C@H]2OC(C)(C)O[C@@H]12. The molecule has 0 amide bonds. The Labute approximate surface area is 93.1 Å². The van der Waals surface area contributed by atoms with Gasteiger partial charge in [0.25, 0.3) is 0 Å². The third-order valence-electron chi connectivity index (χ3n) is 2.65. The summed E-state index contributed by atoms with van der Waals surface area (Å²) >= 11 is 0. The first kappa shape index (κ1) is 11.6. The predicted octanol–water partition coefficient (Wildman–Crippen LogP) is -0.376. The fraction of sp³-hybridized carbons (Fsp3) is 0.889. The van der Waals surface area contributed by atoms with E-state index in [1.807, 2.05) is 0 Å². The average Bonchev–Trinajstić information content (AvgIpc) is 2.69. The monoisotopic (exact) mass is 232 g/mol. The molecule has 2 aliphatic heterocycles. The van der Waals surface area contributed by atoms with Crippen molar-refractivity contribution in [3.8, 4) is 0 Å². The second kappa shape index (κ2) is 3.85. The van der Waals surface area contributed by atoms with Crippen molar-refractivity contribution in [2.24, 2.45) is 10.9 Å². The lowest BCUT2D eigenvalue weighted by atomic mass is 10.1. The first-order valence-electron chi connectivity index (χ1n) is 5.00. The van der Waals surface area contributed by atoms with Gasteiger partial charge in [0.2, 0.25) is 0 Å². The highest BCUT2D eigenvalue weighted by Gasteiger charge is 2.56. The molecule has 0 unspecified atom stereocenters. The zero-order chi connectivity index (χ0) is 11.9. The van der Waals surface area contributed by atoms with Crippen molar-refractivity contribution in [3.63, 3.8) is 0 Å². The molecule has 0 radical (unpaired) electrons. The molecule has 0 aromatic carbocycles. The van der Waals surface area contributed by atoms with Crippen LogP contribution in [0.15, 0.2) is 5.16 Å². The Hall–Kier alpha value is -0.890. The Balaban J connectivity index is 2.20. The maximum atomic E-state index is 8.65. The summed E-state index contributed by atoms with van der Waals surface area (Å²) in [6.07, 6.45) is -2.01. The number of hydrogen-bond acceptors (Lipinski definition) is 6. The van der Waals surface area contributed by atoms with Crippen LogP contribution < -0.4 is 5.73 Å². The summed E-state index contributed by atoms with van der Waals surface area (Å²) in [5.41, 5.74) is 5.52. The van der Waals surface area contributed by atoms with Crippen molar-refractivity contribution in [1.29, 1.82) is 0 Å². The average molecular weight is 232 g/mol. The molecule has 4 atom stereocenters. The van der Waals surface area contributed by atoms with Crippen LogP contribution in [0.25, 0.3) is 0 Å². The number of hydrogen-bond donors (Lipinski definition) is 2. The van der Waals surface area contributed by atoms with Crippen molar-refractivity contribution in [3.05, 3.63) is 0 Å². The molecule has 2 fully saturated rings. The summed E-state index contributed by atoms with van der Waals surface area (Å²) in [5.74, 6) is -0.764. The second-order valence-electron chi connectivity index (χ2n) is 4.25. The quantitative estimate of drug-likeness (QED) is 0.292. The van der Waals surface area contributed by atoms with Crippen LogP contribution in [0, 0.1) is 0 Å². The minimum atomic E-state index is -0.718. The number of nitrogens with zero attached hydrogens (tertiary/aromatic N) is 1. The van der Waals surface area contributed by atoms with E-state index in [0.717, 1.165) is 0 Å². The highest BCUT2D eigenvalue weighted by Crippen LogP contribution is 2.38. The molecular formula is C9H16N2O5. The van der Waals surface area contributed by atoms with Crippen LogP contribution in [0.2, 0.25) is 0 Å². The van der Waals surface area contributed by atoms with Crippen molar-refractivity contribution in [2.75, 3.05) is 7.11 Å². The first-order chi connectivity index (χ1) is 7.48. The highest BCUT2D eigenvalue weighted by molar-refractivity contribution is 5.85. The van der Waals surface area contributed by atoms with Gasteiger partial charge >= 0.3 is 0 Å². The lowest BCUT2D eigenvalue weighted by molar-refractivity contribution is -0.219. The van der Waals surface area contributed by atoms with Crippen molar-refractivity contribution >= 4 is 5.84 Å². The molecule has 0 saturated carbocycles. The van der Waals surface area contributed by atoms with E-state index < -0.39 is 24.3 Å². The fourth-order valence-corrected chi connectivity index (χ4v) is 2.05.